The van der Waals surface area contributed by atoms with Crippen LogP contribution >= 0.6 is 0 Å². The Bertz CT molecular complexity index is 544. The van der Waals surface area contributed by atoms with Crippen LogP contribution in [0.1, 0.15) is 16.8 Å². The number of rotatable bonds is 6. The lowest BCUT2D eigenvalue weighted by Crippen LogP contribution is -2.24. The molecule has 0 fully saturated rings. The molecule has 1 aromatic rings. The predicted molar refractivity (Wildman–Crippen MR) is 69.7 cm³/mol. The zero-order valence-corrected chi connectivity index (χ0v) is 11.0. The summed E-state index contributed by atoms with van der Waals surface area (Å²) in [7, 11) is 3.20. The summed E-state index contributed by atoms with van der Waals surface area (Å²) < 4.78 is 0. The second kappa shape index (κ2) is 6.45. The number of aromatic carboxylic acids is 1. The number of nitrogens with one attached hydrogen (secondary N) is 1. The average molecular weight is 282 g/mol. The van der Waals surface area contributed by atoms with Crippen LogP contribution in [-0.4, -0.2) is 52.4 Å². The predicted octanol–water partition coefficient (Wildman–Crippen LogP) is 0.578. The number of carboxylic acid groups (broad SMARTS) is 1. The molecule has 0 aliphatic rings. The van der Waals surface area contributed by atoms with Crippen molar-refractivity contribution < 1.29 is 19.6 Å². The van der Waals surface area contributed by atoms with Crippen LogP contribution in [0.25, 0.3) is 0 Å². The van der Waals surface area contributed by atoms with Crippen molar-refractivity contribution in [3.05, 3.63) is 27.9 Å². The van der Waals surface area contributed by atoms with Crippen LogP contribution in [-0.2, 0) is 4.79 Å². The summed E-state index contributed by atoms with van der Waals surface area (Å²) in [6.45, 7) is 0.164. The Balaban J connectivity index is 2.82. The number of carbonyl (C=O) groups is 2. The van der Waals surface area contributed by atoms with Gasteiger partial charge in [-0.05, 0) is 0 Å². The second-order valence-corrected chi connectivity index (χ2v) is 4.12. The van der Waals surface area contributed by atoms with E-state index in [1.807, 2.05) is 0 Å². The minimum Gasteiger partial charge on any atom is -0.478 e. The molecule has 0 aliphatic heterocycles. The van der Waals surface area contributed by atoms with Crippen molar-refractivity contribution in [2.75, 3.05) is 26.0 Å². The molecule has 0 saturated carbocycles. The van der Waals surface area contributed by atoms with Gasteiger partial charge in [-0.15, -0.1) is 0 Å². The average Bonchev–Trinajstić information content (AvgIpc) is 2.38. The molecular formula is C11H14N4O5. The third kappa shape index (κ3) is 3.90. The van der Waals surface area contributed by atoms with Crippen LogP contribution < -0.4 is 5.32 Å². The van der Waals surface area contributed by atoms with Crippen LogP contribution in [0.15, 0.2) is 12.3 Å². The molecule has 0 atom stereocenters. The Labute approximate surface area is 114 Å². The van der Waals surface area contributed by atoms with Crippen molar-refractivity contribution >= 4 is 23.4 Å². The summed E-state index contributed by atoms with van der Waals surface area (Å²) in [4.78, 5) is 37.3. The minimum atomic E-state index is -1.30. The van der Waals surface area contributed by atoms with E-state index in [9.17, 15) is 19.7 Å². The van der Waals surface area contributed by atoms with E-state index in [1.165, 1.54) is 4.90 Å². The highest BCUT2D eigenvalue weighted by Crippen LogP contribution is 2.22. The van der Waals surface area contributed by atoms with Gasteiger partial charge >= 0.3 is 11.7 Å². The van der Waals surface area contributed by atoms with E-state index in [4.69, 9.17) is 5.11 Å². The fourth-order valence-electron chi connectivity index (χ4n) is 1.36. The van der Waals surface area contributed by atoms with Gasteiger partial charge in [0.15, 0.2) is 0 Å². The van der Waals surface area contributed by atoms with E-state index in [0.717, 1.165) is 12.3 Å². The number of carbonyl (C=O) groups excluding carboxylic acids is 1. The third-order valence-electron chi connectivity index (χ3n) is 2.44. The Morgan fingerprint density at radius 1 is 1.50 bits per heavy atom. The molecule has 0 aliphatic carbocycles. The summed E-state index contributed by atoms with van der Waals surface area (Å²) in [5.74, 6) is -1.50. The number of hydrogen-bond donors (Lipinski definition) is 2. The molecule has 20 heavy (non-hydrogen) atoms. The van der Waals surface area contributed by atoms with Gasteiger partial charge < -0.3 is 15.3 Å². The van der Waals surface area contributed by atoms with Crippen molar-refractivity contribution in [3.63, 3.8) is 0 Å². The molecule has 1 amide bonds. The van der Waals surface area contributed by atoms with E-state index in [2.05, 4.69) is 10.3 Å². The molecule has 1 rings (SSSR count). The molecule has 108 valence electrons. The Kier molecular flexibility index (Phi) is 4.95. The fraction of sp³-hybridized carbons (Fsp3) is 0.364. The van der Waals surface area contributed by atoms with Gasteiger partial charge in [0, 0.05) is 39.3 Å². The van der Waals surface area contributed by atoms with E-state index >= 15 is 0 Å². The lowest BCUT2D eigenvalue weighted by Gasteiger charge is -2.10. The lowest BCUT2D eigenvalue weighted by atomic mass is 10.2. The Morgan fingerprint density at radius 2 is 2.15 bits per heavy atom. The first kappa shape index (κ1) is 15.3. The normalized spacial score (nSPS) is 9.90. The highest BCUT2D eigenvalue weighted by molar-refractivity contribution is 5.88. The molecule has 9 nitrogen and oxygen atoms in total. The first-order chi connectivity index (χ1) is 9.32. The molecule has 1 aromatic heterocycles. The summed E-state index contributed by atoms with van der Waals surface area (Å²) >= 11 is 0. The van der Waals surface area contributed by atoms with E-state index < -0.39 is 16.6 Å². The van der Waals surface area contributed by atoms with Crippen molar-refractivity contribution in [1.82, 2.24) is 9.88 Å². The maximum atomic E-state index is 11.3. The molecule has 2 N–H and O–H groups in total. The van der Waals surface area contributed by atoms with Gasteiger partial charge in [0.2, 0.25) is 11.7 Å². The fourth-order valence-corrected chi connectivity index (χ4v) is 1.36. The topological polar surface area (TPSA) is 126 Å². The van der Waals surface area contributed by atoms with Crippen LogP contribution in [0.2, 0.25) is 0 Å². The maximum absolute atomic E-state index is 11.3. The van der Waals surface area contributed by atoms with Crippen molar-refractivity contribution in [2.45, 2.75) is 6.42 Å². The van der Waals surface area contributed by atoms with Crippen LogP contribution in [0.4, 0.5) is 11.5 Å². The molecule has 0 radical (unpaired) electrons. The van der Waals surface area contributed by atoms with Crippen molar-refractivity contribution in [3.8, 4) is 0 Å². The maximum Gasteiger partial charge on any atom is 0.337 e. The van der Waals surface area contributed by atoms with Gasteiger partial charge in [0.05, 0.1) is 10.5 Å². The van der Waals surface area contributed by atoms with Crippen LogP contribution in [0.5, 0.6) is 0 Å². The van der Waals surface area contributed by atoms with Gasteiger partial charge in [-0.3, -0.25) is 14.9 Å². The van der Waals surface area contributed by atoms with Crippen molar-refractivity contribution in [1.29, 1.82) is 0 Å². The lowest BCUT2D eigenvalue weighted by molar-refractivity contribution is -0.384. The van der Waals surface area contributed by atoms with E-state index in [1.54, 1.807) is 14.1 Å². The zero-order valence-electron chi connectivity index (χ0n) is 11.0. The quantitative estimate of drug-likeness (QED) is 0.577. The standard InChI is InChI=1S/C11H14N4O5/c1-14(2)9(16)3-4-12-10-8(15(19)20)5-7(6-13-10)11(17)18/h5-6H,3-4H2,1-2H3,(H,12,13)(H,17,18). The molecule has 0 unspecified atom stereocenters. The number of pyridine rings is 1. The molecular weight excluding hydrogens is 268 g/mol. The summed E-state index contributed by atoms with van der Waals surface area (Å²) in [6, 6.07) is 0.922. The smallest absolute Gasteiger partial charge is 0.337 e. The summed E-state index contributed by atoms with van der Waals surface area (Å²) in [5, 5.41) is 22.3. The van der Waals surface area contributed by atoms with Gasteiger partial charge in [-0.25, -0.2) is 9.78 Å². The highest BCUT2D eigenvalue weighted by atomic mass is 16.6. The summed E-state index contributed by atoms with van der Waals surface area (Å²) in [6.07, 6.45) is 1.16. The van der Waals surface area contributed by atoms with E-state index in [0.29, 0.717) is 0 Å². The summed E-state index contributed by atoms with van der Waals surface area (Å²) in [5.41, 5.74) is -0.714. The third-order valence-corrected chi connectivity index (χ3v) is 2.44. The minimum absolute atomic E-state index is 0.0634. The molecule has 0 spiro atoms. The number of anilines is 1. The first-order valence-corrected chi connectivity index (χ1v) is 5.64. The molecule has 0 saturated heterocycles. The monoisotopic (exact) mass is 282 g/mol. The molecule has 0 aromatic carbocycles. The molecule has 9 heteroatoms. The van der Waals surface area contributed by atoms with Crippen LogP contribution in [0, 0.1) is 10.1 Å². The number of amides is 1. The number of nitro groups is 1. The second-order valence-electron chi connectivity index (χ2n) is 4.12. The number of nitrogens with zero attached hydrogens (tertiary/aromatic N) is 3. The Morgan fingerprint density at radius 3 is 2.65 bits per heavy atom. The van der Waals surface area contributed by atoms with E-state index in [-0.39, 0.29) is 30.3 Å². The Hall–Kier alpha value is -2.71. The van der Waals surface area contributed by atoms with Gasteiger partial charge in [-0.1, -0.05) is 0 Å². The van der Waals surface area contributed by atoms with Crippen molar-refractivity contribution in [2.24, 2.45) is 0 Å². The molecule has 0 bridgehead atoms. The van der Waals surface area contributed by atoms with Gasteiger partial charge in [0.1, 0.15) is 0 Å². The van der Waals surface area contributed by atoms with Crippen LogP contribution in [0.3, 0.4) is 0 Å². The number of hydrogen-bond acceptors (Lipinski definition) is 6. The number of aromatic nitrogens is 1. The first-order valence-electron chi connectivity index (χ1n) is 5.64. The zero-order chi connectivity index (χ0) is 15.3. The largest absolute Gasteiger partial charge is 0.478 e. The van der Waals surface area contributed by atoms with Gasteiger partial charge in [0.25, 0.3) is 0 Å². The molecule has 1 heterocycles. The van der Waals surface area contributed by atoms with Gasteiger partial charge in [-0.2, -0.15) is 0 Å². The number of carboxylic acids is 1. The highest BCUT2D eigenvalue weighted by Gasteiger charge is 2.18. The SMILES string of the molecule is CN(C)C(=O)CCNc1ncc(C(=O)O)cc1[N+](=O)[O-].